The van der Waals surface area contributed by atoms with E-state index in [-0.39, 0.29) is 36.0 Å². The smallest absolute Gasteiger partial charge is 0.264 e. The van der Waals surface area contributed by atoms with Gasteiger partial charge in [-0.2, -0.15) is 0 Å². The Bertz CT molecular complexity index is 2090. The molecule has 0 aliphatic carbocycles. The molecule has 0 radical (unpaired) electrons. The van der Waals surface area contributed by atoms with Gasteiger partial charge in [0.1, 0.15) is 11.3 Å². The first-order valence-electron chi connectivity index (χ1n) is 19.8. The van der Waals surface area contributed by atoms with Gasteiger partial charge in [0.2, 0.25) is 0 Å². The van der Waals surface area contributed by atoms with Crippen LogP contribution in [0.4, 0.5) is 17.1 Å². The summed E-state index contributed by atoms with van der Waals surface area (Å²) >= 11 is 0. The minimum Gasteiger partial charge on any atom is -0.497 e. The van der Waals surface area contributed by atoms with Crippen LogP contribution in [0.15, 0.2) is 91.6 Å². The van der Waals surface area contributed by atoms with Crippen LogP contribution in [0.3, 0.4) is 0 Å². The molecule has 0 saturated carbocycles. The number of aryl methyl sites for hydroxylation is 1. The first kappa shape index (κ1) is 38.1. The number of carbonyl (C=O) groups excluding carboxylic acids is 2. The Kier molecular flexibility index (Phi) is 10.1. The minimum absolute atomic E-state index is 0.00438. The maximum Gasteiger partial charge on any atom is 0.264 e. The number of hydrogen-bond donors (Lipinski definition) is 2. The highest BCUT2D eigenvalue weighted by Gasteiger charge is 2.66. The Morgan fingerprint density at radius 3 is 2.48 bits per heavy atom. The molecule has 2 N–H and O–H groups in total. The van der Waals surface area contributed by atoms with Crippen LogP contribution in [0.2, 0.25) is 18.6 Å². The average molecular weight is 776 g/mol. The van der Waals surface area contributed by atoms with Gasteiger partial charge in [-0.1, -0.05) is 66.8 Å². The molecule has 13 heteroatoms. The van der Waals surface area contributed by atoms with Crippen molar-refractivity contribution in [3.8, 4) is 5.75 Å². The molecule has 0 bridgehead atoms. The predicted octanol–water partition coefficient (Wildman–Crippen LogP) is 4.59. The fourth-order valence-electron chi connectivity index (χ4n) is 10.2. The molecule has 4 aromatic rings. The van der Waals surface area contributed by atoms with E-state index in [0.29, 0.717) is 45.4 Å². The van der Waals surface area contributed by atoms with Gasteiger partial charge in [0.05, 0.1) is 39.3 Å². The predicted molar refractivity (Wildman–Crippen MR) is 220 cm³/mol. The van der Waals surface area contributed by atoms with Crippen molar-refractivity contribution in [3.05, 3.63) is 103 Å². The zero-order chi connectivity index (χ0) is 39.2. The normalized spacial score (nSPS) is 24.4. The Balaban J connectivity index is 1.21. The number of anilines is 3. The van der Waals surface area contributed by atoms with Gasteiger partial charge in [-0.15, -0.1) is 11.7 Å². The van der Waals surface area contributed by atoms with E-state index in [4.69, 9.17) is 9.47 Å². The highest BCUT2D eigenvalue weighted by atomic mass is 28.3. The van der Waals surface area contributed by atoms with Crippen molar-refractivity contribution in [1.82, 2.24) is 20.3 Å². The molecule has 3 saturated heterocycles. The van der Waals surface area contributed by atoms with Gasteiger partial charge < -0.3 is 29.7 Å². The zero-order valence-corrected chi connectivity index (χ0v) is 33.9. The molecule has 1 aromatic heterocycles. The number of methoxy groups -OCH3 is 1. The van der Waals surface area contributed by atoms with E-state index >= 15 is 4.79 Å². The number of benzene rings is 3. The van der Waals surface area contributed by atoms with Gasteiger partial charge in [-0.05, 0) is 80.4 Å². The van der Waals surface area contributed by atoms with E-state index in [1.165, 1.54) is 5.19 Å². The summed E-state index contributed by atoms with van der Waals surface area (Å²) in [7, 11) is -0.715. The van der Waals surface area contributed by atoms with Crippen LogP contribution in [-0.2, 0) is 32.9 Å². The lowest BCUT2D eigenvalue weighted by molar-refractivity contribution is -0.145. The highest BCUT2D eigenvalue weighted by Crippen LogP contribution is 2.60. The van der Waals surface area contributed by atoms with Crippen LogP contribution in [-0.4, -0.2) is 91.7 Å². The van der Waals surface area contributed by atoms with Crippen LogP contribution in [0, 0.1) is 5.92 Å². The Labute approximate surface area is 330 Å². The number of nitrogens with zero attached hydrogens (tertiary/aromatic N) is 6. The molecule has 294 valence electrons. The first-order chi connectivity index (χ1) is 27.1. The second-order valence-corrected chi connectivity index (χ2v) is 20.9. The summed E-state index contributed by atoms with van der Waals surface area (Å²) in [5.74, 6) is 0.581. The van der Waals surface area contributed by atoms with Gasteiger partial charge in [0.25, 0.3) is 11.8 Å². The minimum atomic E-state index is -2.39. The molecule has 4 aliphatic heterocycles. The first-order valence-corrected chi connectivity index (χ1v) is 22.9. The highest BCUT2D eigenvalue weighted by molar-refractivity contribution is 6.91. The number of rotatable bonds is 12. The summed E-state index contributed by atoms with van der Waals surface area (Å²) in [6.07, 6.45) is 5.81. The lowest BCUT2D eigenvalue weighted by atomic mass is 9.82. The Morgan fingerprint density at radius 2 is 1.79 bits per heavy atom. The Morgan fingerprint density at radius 1 is 1.04 bits per heavy atom. The second kappa shape index (κ2) is 14.9. The number of aromatic nitrogens is 3. The van der Waals surface area contributed by atoms with E-state index in [2.05, 4.69) is 77.5 Å². The molecular weight excluding hydrogens is 723 g/mol. The number of amides is 2. The van der Waals surface area contributed by atoms with Crippen molar-refractivity contribution in [2.45, 2.75) is 75.0 Å². The van der Waals surface area contributed by atoms with Gasteiger partial charge in [-0.3, -0.25) is 19.2 Å². The van der Waals surface area contributed by atoms with Crippen molar-refractivity contribution in [3.63, 3.8) is 0 Å². The number of hydrogen-bond acceptors (Lipinski definition) is 9. The standard InChI is InChI=1S/C43H53N7O5Si/c1-6-24-48-37-17-12-33(49-29-50(32-10-8-7-9-11-32)42(40(49)52)20-22-44-23-21-42)27-36(37)43(41(48)53)30(2)39(56(4,5)35-15-13-34(54-3)14-16-35)38(55-43)18-25-47-28-31(19-26-51)45-46-47/h6-17,27-28,30,38-39,44,51H,1,18-26,29H2,2-5H3/t30-,38+,39-,43+/m1/s1. The fraction of sp³-hybridized carbons (Fsp3) is 0.442. The zero-order valence-electron chi connectivity index (χ0n) is 32.9. The van der Waals surface area contributed by atoms with E-state index in [0.717, 1.165) is 47.2 Å². The number of para-hydroxylation sites is 1. The van der Waals surface area contributed by atoms with Gasteiger partial charge in [-0.25, -0.2) is 0 Å². The van der Waals surface area contributed by atoms with Crippen molar-refractivity contribution in [1.29, 1.82) is 0 Å². The van der Waals surface area contributed by atoms with Crippen LogP contribution < -0.4 is 29.9 Å². The number of fused-ring (bicyclic) bond motifs is 2. The average Bonchev–Trinajstić information content (AvgIpc) is 3.93. The lowest BCUT2D eigenvalue weighted by Gasteiger charge is -2.39. The van der Waals surface area contributed by atoms with Crippen molar-refractivity contribution in [2.24, 2.45) is 5.92 Å². The molecule has 4 atom stereocenters. The molecular formula is C43H53N7O5Si. The van der Waals surface area contributed by atoms with Crippen molar-refractivity contribution < 1.29 is 24.2 Å². The molecule has 2 amide bonds. The summed E-state index contributed by atoms with van der Waals surface area (Å²) in [6.45, 7) is 13.8. The summed E-state index contributed by atoms with van der Waals surface area (Å²) in [5, 5.41) is 22.8. The van der Waals surface area contributed by atoms with Crippen LogP contribution in [0.1, 0.15) is 37.4 Å². The molecule has 3 fully saturated rings. The lowest BCUT2D eigenvalue weighted by Crippen LogP contribution is -2.55. The third-order valence-corrected chi connectivity index (χ3v) is 17.3. The molecule has 12 nitrogen and oxygen atoms in total. The third kappa shape index (κ3) is 6.07. The molecule has 4 aliphatic rings. The van der Waals surface area contributed by atoms with Crippen molar-refractivity contribution >= 4 is 42.1 Å². The number of nitrogens with one attached hydrogen (secondary N) is 1. The summed E-state index contributed by atoms with van der Waals surface area (Å²) in [5.41, 5.74) is 2.21. The quantitative estimate of drug-likeness (QED) is 0.157. The van der Waals surface area contributed by atoms with Gasteiger partial charge in [0, 0.05) is 55.2 Å². The number of aliphatic hydroxyl groups excluding tert-OH is 1. The van der Waals surface area contributed by atoms with E-state index < -0.39 is 19.2 Å². The van der Waals surface area contributed by atoms with E-state index in [1.807, 2.05) is 58.2 Å². The van der Waals surface area contributed by atoms with E-state index in [1.54, 1.807) is 18.1 Å². The Hall–Kier alpha value is -4.82. The van der Waals surface area contributed by atoms with Crippen molar-refractivity contribution in [2.75, 3.05) is 54.7 Å². The van der Waals surface area contributed by atoms with Crippen LogP contribution in [0.25, 0.3) is 0 Å². The molecule has 56 heavy (non-hydrogen) atoms. The molecule has 0 unspecified atom stereocenters. The van der Waals surface area contributed by atoms with Crippen LogP contribution in [0.5, 0.6) is 5.75 Å². The number of aliphatic hydroxyl groups is 1. The van der Waals surface area contributed by atoms with Gasteiger partial charge >= 0.3 is 0 Å². The maximum absolute atomic E-state index is 15.2. The second-order valence-electron chi connectivity index (χ2n) is 16.2. The summed E-state index contributed by atoms with van der Waals surface area (Å²) < 4.78 is 14.7. The molecule has 8 rings (SSSR count). The fourth-order valence-corrected chi connectivity index (χ4v) is 14.2. The third-order valence-electron chi connectivity index (χ3n) is 13.0. The number of ether oxygens (including phenoxy) is 2. The number of piperidine rings is 1. The SMILES string of the molecule is C=CCN1C(=O)[C@@]2(O[C@@H](CCn3cc(CCO)nn3)[C@H]([Si](C)(C)c3ccc(OC)cc3)[C@H]2C)c2cc(N3CN(c4ccccc4)C4(CCNCC4)C3=O)ccc21. The topological polar surface area (TPSA) is 125 Å². The van der Waals surface area contributed by atoms with E-state index in [9.17, 15) is 9.90 Å². The maximum atomic E-state index is 15.2. The molecule has 5 heterocycles. The summed E-state index contributed by atoms with van der Waals surface area (Å²) in [6, 6.07) is 24.6. The number of carbonyl (C=O) groups is 2. The monoisotopic (exact) mass is 775 g/mol. The van der Waals surface area contributed by atoms with Crippen LogP contribution >= 0.6 is 0 Å². The van der Waals surface area contributed by atoms with Gasteiger partial charge in [0.15, 0.2) is 5.60 Å². The molecule has 3 aromatic carbocycles. The summed E-state index contributed by atoms with van der Waals surface area (Å²) in [4.78, 5) is 35.9. The largest absolute Gasteiger partial charge is 0.497 e. The molecule has 2 spiro atoms.